The Hall–Kier alpha value is -3.28. The zero-order valence-corrected chi connectivity index (χ0v) is 14.4. The molecule has 1 aliphatic heterocycles. The Morgan fingerprint density at radius 2 is 1.88 bits per heavy atom. The SMILES string of the molecule is Cc1cc(C)c2c(=O)cc(C(=O)NCc3ccc4c(c3)OCO4)oc2c1. The van der Waals surface area contributed by atoms with Gasteiger partial charge >= 0.3 is 0 Å². The van der Waals surface area contributed by atoms with Gasteiger partial charge in [0.1, 0.15) is 5.58 Å². The molecule has 0 radical (unpaired) electrons. The van der Waals surface area contributed by atoms with E-state index in [-0.39, 0.29) is 24.5 Å². The van der Waals surface area contributed by atoms with Gasteiger partial charge in [0.2, 0.25) is 6.79 Å². The summed E-state index contributed by atoms with van der Waals surface area (Å²) < 4.78 is 16.3. The number of hydrogen-bond donors (Lipinski definition) is 1. The van der Waals surface area contributed by atoms with Crippen molar-refractivity contribution in [1.82, 2.24) is 5.32 Å². The van der Waals surface area contributed by atoms with Gasteiger partial charge in [-0.25, -0.2) is 0 Å². The number of fused-ring (bicyclic) bond motifs is 2. The zero-order chi connectivity index (χ0) is 18.3. The molecular weight excluding hydrogens is 334 g/mol. The Morgan fingerprint density at radius 3 is 2.73 bits per heavy atom. The fourth-order valence-corrected chi connectivity index (χ4v) is 3.10. The summed E-state index contributed by atoms with van der Waals surface area (Å²) in [4.78, 5) is 24.8. The van der Waals surface area contributed by atoms with Crippen LogP contribution in [0.15, 0.2) is 45.6 Å². The smallest absolute Gasteiger partial charge is 0.287 e. The van der Waals surface area contributed by atoms with E-state index in [1.165, 1.54) is 6.07 Å². The first-order valence-electron chi connectivity index (χ1n) is 8.23. The maximum Gasteiger partial charge on any atom is 0.287 e. The maximum atomic E-state index is 12.4. The van der Waals surface area contributed by atoms with Crippen LogP contribution in [0.25, 0.3) is 11.0 Å². The number of benzene rings is 2. The van der Waals surface area contributed by atoms with Crippen LogP contribution >= 0.6 is 0 Å². The number of aryl methyl sites for hydroxylation is 2. The summed E-state index contributed by atoms with van der Waals surface area (Å²) in [6, 6.07) is 10.4. The van der Waals surface area contributed by atoms with Gasteiger partial charge in [0.05, 0.1) is 5.39 Å². The first kappa shape index (κ1) is 16.2. The van der Waals surface area contributed by atoms with Gasteiger partial charge in [0.25, 0.3) is 5.91 Å². The second-order valence-electron chi connectivity index (χ2n) is 6.30. The maximum absolute atomic E-state index is 12.4. The normalized spacial score (nSPS) is 12.4. The van der Waals surface area contributed by atoms with Crippen LogP contribution in [-0.4, -0.2) is 12.7 Å². The van der Waals surface area contributed by atoms with E-state index in [4.69, 9.17) is 13.9 Å². The molecule has 6 heteroatoms. The van der Waals surface area contributed by atoms with Crippen molar-refractivity contribution in [3.63, 3.8) is 0 Å². The molecule has 0 unspecified atom stereocenters. The number of ether oxygens (including phenoxy) is 2. The van der Waals surface area contributed by atoms with Crippen molar-refractivity contribution in [2.24, 2.45) is 0 Å². The van der Waals surface area contributed by atoms with Crippen LogP contribution in [0.3, 0.4) is 0 Å². The van der Waals surface area contributed by atoms with Gasteiger partial charge in [-0.2, -0.15) is 0 Å². The van der Waals surface area contributed by atoms with Crippen molar-refractivity contribution in [2.45, 2.75) is 20.4 Å². The number of amides is 1. The first-order valence-corrected chi connectivity index (χ1v) is 8.23. The van der Waals surface area contributed by atoms with Gasteiger partial charge in [-0.05, 0) is 48.7 Å². The molecule has 0 saturated heterocycles. The van der Waals surface area contributed by atoms with Crippen molar-refractivity contribution >= 4 is 16.9 Å². The van der Waals surface area contributed by atoms with E-state index in [1.807, 2.05) is 32.0 Å². The third-order valence-electron chi connectivity index (χ3n) is 4.29. The van der Waals surface area contributed by atoms with Crippen LogP contribution in [0.4, 0.5) is 0 Å². The van der Waals surface area contributed by atoms with E-state index < -0.39 is 5.91 Å². The Labute approximate surface area is 149 Å². The molecular formula is C20H17NO5. The summed E-state index contributed by atoms with van der Waals surface area (Å²) in [5.41, 5.74) is 2.86. The Morgan fingerprint density at radius 1 is 1.08 bits per heavy atom. The lowest BCUT2D eigenvalue weighted by Crippen LogP contribution is -2.24. The second-order valence-corrected chi connectivity index (χ2v) is 6.30. The van der Waals surface area contributed by atoms with Crippen molar-refractivity contribution in [1.29, 1.82) is 0 Å². The van der Waals surface area contributed by atoms with E-state index in [0.29, 0.717) is 22.5 Å². The molecule has 2 heterocycles. The molecule has 26 heavy (non-hydrogen) atoms. The van der Waals surface area contributed by atoms with Gasteiger partial charge < -0.3 is 19.2 Å². The largest absolute Gasteiger partial charge is 0.454 e. The average molecular weight is 351 g/mol. The molecule has 0 aliphatic carbocycles. The quantitative estimate of drug-likeness (QED) is 0.785. The van der Waals surface area contributed by atoms with Crippen molar-refractivity contribution in [3.8, 4) is 11.5 Å². The molecule has 1 amide bonds. The van der Waals surface area contributed by atoms with Crippen LogP contribution in [0.1, 0.15) is 27.2 Å². The van der Waals surface area contributed by atoms with Crippen LogP contribution in [0.5, 0.6) is 11.5 Å². The highest BCUT2D eigenvalue weighted by atomic mass is 16.7. The molecule has 132 valence electrons. The third kappa shape index (κ3) is 2.90. The third-order valence-corrected chi connectivity index (χ3v) is 4.29. The highest BCUT2D eigenvalue weighted by molar-refractivity contribution is 5.93. The van der Waals surface area contributed by atoms with Gasteiger partial charge in [-0.3, -0.25) is 9.59 Å². The van der Waals surface area contributed by atoms with Gasteiger partial charge in [0.15, 0.2) is 22.7 Å². The molecule has 1 aromatic heterocycles. The van der Waals surface area contributed by atoms with Crippen molar-refractivity contribution < 1.29 is 18.7 Å². The molecule has 0 fully saturated rings. The minimum atomic E-state index is -0.444. The van der Waals surface area contributed by atoms with E-state index in [2.05, 4.69) is 5.32 Å². The van der Waals surface area contributed by atoms with Gasteiger partial charge in [-0.15, -0.1) is 0 Å². The minimum absolute atomic E-state index is 0.00626. The Balaban J connectivity index is 1.57. The van der Waals surface area contributed by atoms with Gasteiger partial charge in [-0.1, -0.05) is 12.1 Å². The standard InChI is InChI=1S/C20H17NO5/c1-11-5-12(2)19-14(22)8-18(26-17(19)6-11)20(23)21-9-13-3-4-15-16(7-13)25-10-24-15/h3-8H,9-10H2,1-2H3,(H,21,23). The number of carbonyl (C=O) groups excluding carboxylic acids is 1. The molecule has 0 atom stereocenters. The lowest BCUT2D eigenvalue weighted by molar-refractivity contribution is 0.0923. The summed E-state index contributed by atoms with van der Waals surface area (Å²) >= 11 is 0. The average Bonchev–Trinajstić information content (AvgIpc) is 3.06. The molecule has 2 aromatic carbocycles. The molecule has 0 bridgehead atoms. The summed E-state index contributed by atoms with van der Waals surface area (Å²) in [5, 5.41) is 3.26. The van der Waals surface area contributed by atoms with E-state index in [0.717, 1.165) is 16.7 Å². The fourth-order valence-electron chi connectivity index (χ4n) is 3.10. The van der Waals surface area contributed by atoms with Crippen LogP contribution in [0.2, 0.25) is 0 Å². The zero-order valence-electron chi connectivity index (χ0n) is 14.4. The molecule has 1 N–H and O–H groups in total. The topological polar surface area (TPSA) is 77.8 Å². The van der Waals surface area contributed by atoms with E-state index >= 15 is 0 Å². The predicted octanol–water partition coefficient (Wildman–Crippen LogP) is 3.07. The number of carbonyl (C=O) groups is 1. The molecule has 0 saturated carbocycles. The highest BCUT2D eigenvalue weighted by Gasteiger charge is 2.16. The fraction of sp³-hybridized carbons (Fsp3) is 0.200. The van der Waals surface area contributed by atoms with E-state index in [1.54, 1.807) is 12.1 Å². The first-order chi connectivity index (χ1) is 12.5. The summed E-state index contributed by atoms with van der Waals surface area (Å²) in [6.45, 7) is 4.25. The van der Waals surface area contributed by atoms with Crippen LogP contribution in [-0.2, 0) is 6.54 Å². The Kier molecular flexibility index (Phi) is 3.88. The van der Waals surface area contributed by atoms with Crippen LogP contribution in [0, 0.1) is 13.8 Å². The molecule has 6 nitrogen and oxygen atoms in total. The summed E-state index contributed by atoms with van der Waals surface area (Å²) in [6.07, 6.45) is 0. The predicted molar refractivity (Wildman–Crippen MR) is 95.7 cm³/mol. The summed E-state index contributed by atoms with van der Waals surface area (Å²) in [5.74, 6) is 0.889. The lowest BCUT2D eigenvalue weighted by atomic mass is 10.1. The molecule has 3 aromatic rings. The van der Waals surface area contributed by atoms with Crippen LogP contribution < -0.4 is 20.2 Å². The van der Waals surface area contributed by atoms with Crippen molar-refractivity contribution in [3.05, 3.63) is 69.1 Å². The minimum Gasteiger partial charge on any atom is -0.454 e. The number of nitrogens with one attached hydrogen (secondary N) is 1. The number of hydrogen-bond acceptors (Lipinski definition) is 5. The van der Waals surface area contributed by atoms with Gasteiger partial charge in [0, 0.05) is 12.6 Å². The lowest BCUT2D eigenvalue weighted by Gasteiger charge is -2.08. The molecule has 4 rings (SSSR count). The highest BCUT2D eigenvalue weighted by Crippen LogP contribution is 2.32. The number of rotatable bonds is 3. The molecule has 0 spiro atoms. The van der Waals surface area contributed by atoms with E-state index in [9.17, 15) is 9.59 Å². The summed E-state index contributed by atoms with van der Waals surface area (Å²) in [7, 11) is 0. The van der Waals surface area contributed by atoms with Crippen molar-refractivity contribution in [2.75, 3.05) is 6.79 Å². The second kappa shape index (κ2) is 6.22. The Bertz CT molecular complexity index is 1080. The molecule has 1 aliphatic rings. The monoisotopic (exact) mass is 351 g/mol.